The maximum atomic E-state index is 8.17. The van der Waals surface area contributed by atoms with Crippen LogP contribution in [0.25, 0.3) is 0 Å². The summed E-state index contributed by atoms with van der Waals surface area (Å²) in [6, 6.07) is 0. The first-order valence-corrected chi connectivity index (χ1v) is 4.18. The first kappa shape index (κ1) is 9.02. The zero-order valence-electron chi connectivity index (χ0n) is 5.24. The largest absolute Gasteiger partial charge is 0.699 e. The van der Waals surface area contributed by atoms with Crippen LogP contribution in [0.2, 0.25) is 0 Å². The molecule has 0 aliphatic carbocycles. The number of hydrogen-bond donors (Lipinski definition) is 3. The summed E-state index contributed by atoms with van der Waals surface area (Å²) in [5.41, 5.74) is 0. The Kier molecular flexibility index (Phi) is 3.26. The molecule has 0 atom stereocenters. The molecule has 0 bridgehead atoms. The third-order valence-corrected chi connectivity index (χ3v) is 0.672. The van der Waals surface area contributed by atoms with Gasteiger partial charge in [0.2, 0.25) is 0 Å². The van der Waals surface area contributed by atoms with Crippen LogP contribution in [0.4, 0.5) is 0 Å². The molecule has 0 radical (unpaired) electrons. The van der Waals surface area contributed by atoms with Crippen LogP contribution < -0.4 is 0 Å². The van der Waals surface area contributed by atoms with Crippen LogP contribution in [-0.4, -0.2) is 29.5 Å². The van der Waals surface area contributed by atoms with Crippen LogP contribution in [0.15, 0.2) is 0 Å². The van der Waals surface area contributed by atoms with Gasteiger partial charge in [-0.25, -0.2) is 4.89 Å². The van der Waals surface area contributed by atoms with E-state index < -0.39 is 9.05 Å². The van der Waals surface area contributed by atoms with Crippen molar-refractivity contribution in [1.29, 1.82) is 0 Å². The highest BCUT2D eigenvalue weighted by Crippen LogP contribution is 1.94. The van der Waals surface area contributed by atoms with Crippen molar-refractivity contribution in [2.75, 3.05) is 0 Å². The summed E-state index contributed by atoms with van der Waals surface area (Å²) in [6.07, 6.45) is -0.302. The summed E-state index contributed by atoms with van der Waals surface area (Å²) in [4.78, 5) is 28.7. The van der Waals surface area contributed by atoms with Gasteiger partial charge in [0.25, 0.3) is 0 Å². The summed E-state index contributed by atoms with van der Waals surface area (Å²) < 4.78 is 3.80. The highest BCUT2D eigenvalue weighted by atomic mass is 28.4. The number of rotatable bonds is 3. The van der Waals surface area contributed by atoms with Gasteiger partial charge >= 0.3 is 9.05 Å². The summed E-state index contributed by atoms with van der Waals surface area (Å²) in [6.45, 7) is 3.25. The SMILES string of the molecule is CC(C)OO[Si](O)(O)O. The second kappa shape index (κ2) is 3.25. The lowest BCUT2D eigenvalue weighted by atomic mass is 10.5. The molecule has 0 saturated carbocycles. The lowest BCUT2D eigenvalue weighted by molar-refractivity contribution is -0.284. The van der Waals surface area contributed by atoms with E-state index in [0.717, 1.165) is 0 Å². The minimum Gasteiger partial charge on any atom is -0.366 e. The highest BCUT2D eigenvalue weighted by Gasteiger charge is 2.32. The van der Waals surface area contributed by atoms with Crippen LogP contribution in [0.3, 0.4) is 0 Å². The van der Waals surface area contributed by atoms with E-state index in [1.807, 2.05) is 0 Å². The van der Waals surface area contributed by atoms with Gasteiger partial charge in [0.05, 0.1) is 6.10 Å². The third-order valence-electron chi connectivity index (χ3n) is 0.352. The van der Waals surface area contributed by atoms with Crippen LogP contribution in [0.5, 0.6) is 0 Å². The third kappa shape index (κ3) is 8.02. The Bertz CT molecular complexity index is 76.8. The molecule has 9 heavy (non-hydrogen) atoms. The van der Waals surface area contributed by atoms with Crippen molar-refractivity contribution < 1.29 is 23.9 Å². The van der Waals surface area contributed by atoms with Crippen molar-refractivity contribution in [2.45, 2.75) is 20.0 Å². The Balaban J connectivity index is 3.28. The average Bonchev–Trinajstić information content (AvgIpc) is 1.59. The molecule has 0 aromatic rings. The van der Waals surface area contributed by atoms with Gasteiger partial charge < -0.3 is 14.4 Å². The van der Waals surface area contributed by atoms with Gasteiger partial charge in [-0.05, 0) is 13.8 Å². The molecule has 0 heterocycles. The maximum Gasteiger partial charge on any atom is 0.699 e. The average molecular weight is 154 g/mol. The van der Waals surface area contributed by atoms with E-state index in [4.69, 9.17) is 14.4 Å². The quantitative estimate of drug-likeness (QED) is 0.269. The predicted molar refractivity (Wildman–Crippen MR) is 29.7 cm³/mol. The predicted octanol–water partition coefficient (Wildman–Crippen LogP) is -1.24. The first-order chi connectivity index (χ1) is 3.92. The normalized spacial score (nSPS) is 12.7. The second-order valence-corrected chi connectivity index (χ2v) is 3.12. The van der Waals surface area contributed by atoms with E-state index in [-0.39, 0.29) is 6.10 Å². The first-order valence-electron chi connectivity index (χ1n) is 2.43. The fourth-order valence-electron chi connectivity index (χ4n) is 0.161. The highest BCUT2D eigenvalue weighted by molar-refractivity contribution is 6.48. The monoisotopic (exact) mass is 154 g/mol. The molecule has 0 aromatic heterocycles. The van der Waals surface area contributed by atoms with Crippen LogP contribution in [-0.2, 0) is 9.46 Å². The van der Waals surface area contributed by atoms with E-state index in [2.05, 4.69) is 9.46 Å². The lowest BCUT2D eigenvalue weighted by Crippen LogP contribution is -2.39. The lowest BCUT2D eigenvalue weighted by Gasteiger charge is -2.10. The smallest absolute Gasteiger partial charge is 0.366 e. The van der Waals surface area contributed by atoms with Crippen molar-refractivity contribution in [3.05, 3.63) is 0 Å². The molecule has 56 valence electrons. The molecule has 0 aliphatic rings. The second-order valence-electron chi connectivity index (χ2n) is 1.80. The topological polar surface area (TPSA) is 79.2 Å². The Morgan fingerprint density at radius 1 is 1.22 bits per heavy atom. The molecule has 6 heteroatoms. The fraction of sp³-hybridized carbons (Fsp3) is 1.00. The zero-order valence-corrected chi connectivity index (χ0v) is 6.24. The Hall–Kier alpha value is 0.0169. The standard InChI is InChI=1S/C3H10O5Si/c1-3(2)7-8-9(4,5)6/h3-6H,1-2H3. The van der Waals surface area contributed by atoms with Gasteiger partial charge in [-0.15, -0.1) is 0 Å². The van der Waals surface area contributed by atoms with Crippen molar-refractivity contribution in [3.63, 3.8) is 0 Å². The van der Waals surface area contributed by atoms with E-state index in [1.165, 1.54) is 0 Å². The van der Waals surface area contributed by atoms with Crippen molar-refractivity contribution in [1.82, 2.24) is 0 Å². The number of hydrogen-bond acceptors (Lipinski definition) is 5. The van der Waals surface area contributed by atoms with E-state index in [0.29, 0.717) is 0 Å². The van der Waals surface area contributed by atoms with Crippen LogP contribution in [0, 0.1) is 0 Å². The van der Waals surface area contributed by atoms with Gasteiger partial charge in [0.1, 0.15) is 0 Å². The molecular weight excluding hydrogens is 144 g/mol. The molecule has 0 aromatic carbocycles. The molecule has 0 aliphatic heterocycles. The molecule has 0 saturated heterocycles. The van der Waals surface area contributed by atoms with Gasteiger partial charge in [-0.1, -0.05) is 0 Å². The summed E-state index contributed by atoms with van der Waals surface area (Å²) in [7, 11) is -4.44. The Labute approximate surface area is 53.9 Å². The minimum absolute atomic E-state index is 0.302. The molecular formula is C3H10O5Si. The fourth-order valence-corrected chi connectivity index (χ4v) is 0.482. The van der Waals surface area contributed by atoms with E-state index >= 15 is 0 Å². The van der Waals surface area contributed by atoms with E-state index in [9.17, 15) is 0 Å². The molecule has 3 N–H and O–H groups in total. The van der Waals surface area contributed by atoms with Crippen molar-refractivity contribution >= 4 is 9.05 Å². The van der Waals surface area contributed by atoms with Crippen molar-refractivity contribution in [2.24, 2.45) is 0 Å². The molecule has 0 unspecified atom stereocenters. The van der Waals surface area contributed by atoms with Gasteiger partial charge in [-0.2, -0.15) is 4.58 Å². The summed E-state index contributed by atoms with van der Waals surface area (Å²) in [5, 5.41) is 0. The Morgan fingerprint density at radius 2 is 1.67 bits per heavy atom. The van der Waals surface area contributed by atoms with Gasteiger partial charge in [-0.3, -0.25) is 0 Å². The van der Waals surface area contributed by atoms with E-state index in [1.54, 1.807) is 13.8 Å². The van der Waals surface area contributed by atoms with Crippen molar-refractivity contribution in [3.8, 4) is 0 Å². The minimum atomic E-state index is -4.44. The van der Waals surface area contributed by atoms with Crippen LogP contribution >= 0.6 is 0 Å². The van der Waals surface area contributed by atoms with Gasteiger partial charge in [0, 0.05) is 0 Å². The zero-order chi connectivity index (χ0) is 7.49. The Morgan fingerprint density at radius 3 is 1.78 bits per heavy atom. The van der Waals surface area contributed by atoms with Crippen LogP contribution in [0.1, 0.15) is 13.8 Å². The molecule has 0 amide bonds. The summed E-state index contributed by atoms with van der Waals surface area (Å²) in [5.74, 6) is 0. The molecule has 5 nitrogen and oxygen atoms in total. The van der Waals surface area contributed by atoms with Gasteiger partial charge in [0.15, 0.2) is 0 Å². The summed E-state index contributed by atoms with van der Waals surface area (Å²) >= 11 is 0. The molecule has 0 spiro atoms. The maximum absolute atomic E-state index is 8.17. The molecule has 0 rings (SSSR count). The molecule has 0 fully saturated rings.